The van der Waals surface area contributed by atoms with Crippen molar-refractivity contribution in [3.05, 3.63) is 0 Å². The molecule has 3 heteroatoms. The molecule has 0 bridgehead atoms. The topological polar surface area (TPSA) is 3.24 Å². The molecule has 1 heterocycles. The van der Waals surface area contributed by atoms with Crippen LogP contribution in [0.1, 0.15) is 12.8 Å². The van der Waals surface area contributed by atoms with Gasteiger partial charge in [-0.2, -0.15) is 0 Å². The average Bonchev–Trinajstić information content (AvgIpc) is 2.32. The van der Waals surface area contributed by atoms with Crippen molar-refractivity contribution < 1.29 is 16.9 Å². The molecule has 0 radical (unpaired) electrons. The van der Waals surface area contributed by atoms with E-state index in [-0.39, 0.29) is 12.4 Å². The van der Waals surface area contributed by atoms with Crippen molar-refractivity contribution in [3.63, 3.8) is 0 Å². The maximum Gasteiger partial charge on any atom is 0.0909 e. The first-order valence-electron chi connectivity index (χ1n) is 4.61. The van der Waals surface area contributed by atoms with E-state index >= 15 is 0 Å². The molecule has 0 spiro atoms. The normalized spacial score (nSPS) is 19.2. The monoisotopic (exact) mass is 192 g/mol. The molecular formula is C9H21ClN2. The van der Waals surface area contributed by atoms with Crippen LogP contribution in [0, 0.1) is 0 Å². The van der Waals surface area contributed by atoms with Gasteiger partial charge >= 0.3 is 0 Å². The van der Waals surface area contributed by atoms with E-state index in [9.17, 15) is 0 Å². The van der Waals surface area contributed by atoms with Crippen molar-refractivity contribution in [2.45, 2.75) is 12.8 Å². The summed E-state index contributed by atoms with van der Waals surface area (Å²) in [4.78, 5) is 2.57. The van der Waals surface area contributed by atoms with Gasteiger partial charge in [-0.15, -0.1) is 0 Å². The maximum atomic E-state index is 2.57. The standard InChI is InChI=1S/C9H21N2.ClH/c1-11(2,3)9-8-10-6-4-5-7-10;/h4-9H2,1-3H3;1H/q+1;/p-1. The van der Waals surface area contributed by atoms with Crippen molar-refractivity contribution in [1.82, 2.24) is 4.90 Å². The Morgan fingerprint density at radius 3 is 2.00 bits per heavy atom. The highest BCUT2D eigenvalue weighted by Crippen LogP contribution is 2.06. The highest BCUT2D eigenvalue weighted by Gasteiger charge is 2.14. The predicted octanol–water partition coefficient (Wildman–Crippen LogP) is -2.21. The number of rotatable bonds is 3. The van der Waals surface area contributed by atoms with Gasteiger partial charge in [-0.3, -0.25) is 4.90 Å². The second-order valence-electron chi connectivity index (χ2n) is 4.56. The number of likely N-dealkylation sites (tertiary alicyclic amines) is 1. The van der Waals surface area contributed by atoms with Gasteiger partial charge in [-0.05, 0) is 25.9 Å². The lowest BCUT2D eigenvalue weighted by molar-refractivity contribution is -0.869. The Bertz CT molecular complexity index is 114. The number of nitrogens with zero attached hydrogens (tertiary/aromatic N) is 2. The lowest BCUT2D eigenvalue weighted by atomic mass is 10.4. The van der Waals surface area contributed by atoms with Gasteiger partial charge in [0.25, 0.3) is 0 Å². The summed E-state index contributed by atoms with van der Waals surface area (Å²) in [6.07, 6.45) is 2.83. The summed E-state index contributed by atoms with van der Waals surface area (Å²) in [7, 11) is 6.78. The highest BCUT2D eigenvalue weighted by atomic mass is 35.5. The van der Waals surface area contributed by atoms with E-state index < -0.39 is 0 Å². The fourth-order valence-electron chi connectivity index (χ4n) is 1.45. The fourth-order valence-corrected chi connectivity index (χ4v) is 1.45. The Morgan fingerprint density at radius 2 is 1.58 bits per heavy atom. The lowest BCUT2D eigenvalue weighted by Gasteiger charge is -2.26. The Hall–Kier alpha value is 0.210. The summed E-state index contributed by atoms with van der Waals surface area (Å²) >= 11 is 0. The summed E-state index contributed by atoms with van der Waals surface area (Å²) in [6.45, 7) is 5.23. The number of halogens is 1. The molecule has 12 heavy (non-hydrogen) atoms. The predicted molar refractivity (Wildman–Crippen MR) is 48.6 cm³/mol. The molecule has 0 aromatic heterocycles. The van der Waals surface area contributed by atoms with Crippen molar-refractivity contribution in [2.24, 2.45) is 0 Å². The van der Waals surface area contributed by atoms with Gasteiger partial charge in [-0.25, -0.2) is 0 Å². The Labute approximate surface area is 82.5 Å². The molecule has 0 aromatic carbocycles. The van der Waals surface area contributed by atoms with Crippen LogP contribution >= 0.6 is 0 Å². The van der Waals surface area contributed by atoms with Crippen LogP contribution in [0.15, 0.2) is 0 Å². The molecule has 2 nitrogen and oxygen atoms in total. The fraction of sp³-hybridized carbons (Fsp3) is 1.00. The van der Waals surface area contributed by atoms with E-state index in [0.29, 0.717) is 0 Å². The zero-order chi connectivity index (χ0) is 8.32. The minimum atomic E-state index is 0. The average molecular weight is 193 g/mol. The Balaban J connectivity index is 0.00000121. The van der Waals surface area contributed by atoms with Gasteiger partial charge in [0.1, 0.15) is 0 Å². The molecule has 1 saturated heterocycles. The van der Waals surface area contributed by atoms with E-state index in [1.165, 1.54) is 39.0 Å². The molecule has 0 unspecified atom stereocenters. The lowest BCUT2D eigenvalue weighted by Crippen LogP contribution is -3.00. The molecule has 1 aliphatic heterocycles. The SMILES string of the molecule is C[N+](C)(C)CCN1CCCC1.[Cl-]. The van der Waals surface area contributed by atoms with Crippen molar-refractivity contribution in [2.75, 3.05) is 47.3 Å². The minimum Gasteiger partial charge on any atom is -1.00 e. The molecule has 0 N–H and O–H groups in total. The summed E-state index contributed by atoms with van der Waals surface area (Å²) in [5.74, 6) is 0. The molecular weight excluding hydrogens is 172 g/mol. The Kier molecular flexibility index (Phi) is 5.14. The third kappa shape index (κ3) is 4.96. The second kappa shape index (κ2) is 5.05. The molecule has 74 valence electrons. The first-order valence-corrected chi connectivity index (χ1v) is 4.61. The molecule has 0 amide bonds. The zero-order valence-corrected chi connectivity index (χ0v) is 9.27. The third-order valence-corrected chi connectivity index (χ3v) is 2.29. The first kappa shape index (κ1) is 12.2. The van der Waals surface area contributed by atoms with Crippen molar-refractivity contribution in [3.8, 4) is 0 Å². The number of quaternary nitrogens is 1. The minimum absolute atomic E-state index is 0. The van der Waals surface area contributed by atoms with Gasteiger partial charge < -0.3 is 16.9 Å². The van der Waals surface area contributed by atoms with E-state index in [4.69, 9.17) is 0 Å². The van der Waals surface area contributed by atoms with Crippen LogP contribution in [0.25, 0.3) is 0 Å². The van der Waals surface area contributed by atoms with Crippen LogP contribution in [0.3, 0.4) is 0 Å². The maximum absolute atomic E-state index is 2.57. The van der Waals surface area contributed by atoms with Crippen LogP contribution in [0.2, 0.25) is 0 Å². The van der Waals surface area contributed by atoms with Crippen LogP contribution in [0.5, 0.6) is 0 Å². The molecule has 0 aromatic rings. The molecule has 0 atom stereocenters. The zero-order valence-electron chi connectivity index (χ0n) is 8.52. The van der Waals surface area contributed by atoms with Crippen molar-refractivity contribution >= 4 is 0 Å². The molecule has 0 saturated carbocycles. The van der Waals surface area contributed by atoms with E-state index in [2.05, 4.69) is 26.0 Å². The second-order valence-corrected chi connectivity index (χ2v) is 4.56. The number of hydrogen-bond acceptors (Lipinski definition) is 1. The highest BCUT2D eigenvalue weighted by molar-refractivity contribution is 4.64. The smallest absolute Gasteiger partial charge is 0.0909 e. The van der Waals surface area contributed by atoms with Crippen LogP contribution in [-0.4, -0.2) is 56.7 Å². The van der Waals surface area contributed by atoms with Gasteiger partial charge in [0.05, 0.1) is 27.7 Å². The largest absolute Gasteiger partial charge is 1.00 e. The first-order chi connectivity index (χ1) is 5.08. The molecule has 0 aliphatic carbocycles. The quantitative estimate of drug-likeness (QED) is 0.459. The summed E-state index contributed by atoms with van der Waals surface area (Å²) < 4.78 is 1.09. The van der Waals surface area contributed by atoms with Crippen LogP contribution in [-0.2, 0) is 0 Å². The van der Waals surface area contributed by atoms with Gasteiger partial charge in [0, 0.05) is 6.54 Å². The summed E-state index contributed by atoms with van der Waals surface area (Å²) in [5.41, 5.74) is 0. The molecule has 1 aliphatic rings. The van der Waals surface area contributed by atoms with Gasteiger partial charge in [-0.1, -0.05) is 0 Å². The van der Waals surface area contributed by atoms with Crippen LogP contribution < -0.4 is 12.4 Å². The number of hydrogen-bond donors (Lipinski definition) is 0. The Morgan fingerprint density at radius 1 is 1.08 bits per heavy atom. The third-order valence-electron chi connectivity index (χ3n) is 2.29. The summed E-state index contributed by atoms with van der Waals surface area (Å²) in [6, 6.07) is 0. The van der Waals surface area contributed by atoms with Crippen LogP contribution in [0.4, 0.5) is 0 Å². The van der Waals surface area contributed by atoms with Crippen molar-refractivity contribution in [1.29, 1.82) is 0 Å². The summed E-state index contributed by atoms with van der Waals surface area (Å²) in [5, 5.41) is 0. The molecule has 1 rings (SSSR count). The van der Waals surface area contributed by atoms with Gasteiger partial charge in [0.15, 0.2) is 0 Å². The number of likely N-dealkylation sites (N-methyl/N-ethyl adjacent to an activating group) is 1. The molecule has 1 fully saturated rings. The van der Waals surface area contributed by atoms with E-state index in [0.717, 1.165) is 4.48 Å². The van der Waals surface area contributed by atoms with E-state index in [1.807, 2.05) is 0 Å². The van der Waals surface area contributed by atoms with Gasteiger partial charge in [0.2, 0.25) is 0 Å². The van der Waals surface area contributed by atoms with E-state index in [1.54, 1.807) is 0 Å².